The van der Waals surface area contributed by atoms with Crippen molar-refractivity contribution in [3.05, 3.63) is 23.9 Å². The van der Waals surface area contributed by atoms with E-state index in [9.17, 15) is 0 Å². The second kappa shape index (κ2) is 5.31. The number of hydrogen-bond donors (Lipinski definition) is 2. The lowest BCUT2D eigenvalue weighted by molar-refractivity contribution is 0.398. The average Bonchev–Trinajstić information content (AvgIpc) is 2.78. The maximum atomic E-state index is 5.81. The van der Waals surface area contributed by atoms with Crippen LogP contribution in [0.2, 0.25) is 0 Å². The fraction of sp³-hybridized carbons (Fsp3) is 0.429. The van der Waals surface area contributed by atoms with Gasteiger partial charge in [0.2, 0.25) is 0 Å². The molecule has 4 heteroatoms. The number of aromatic amines is 1. The summed E-state index contributed by atoms with van der Waals surface area (Å²) in [6.07, 6.45) is 3.93. The normalized spacial score (nSPS) is 12.7. The molecule has 1 unspecified atom stereocenters. The summed E-state index contributed by atoms with van der Waals surface area (Å²) in [4.78, 5) is 3.26. The fourth-order valence-electron chi connectivity index (χ4n) is 2.13. The van der Waals surface area contributed by atoms with Gasteiger partial charge < -0.3 is 20.2 Å². The molecule has 1 heterocycles. The summed E-state index contributed by atoms with van der Waals surface area (Å²) in [7, 11) is 3.33. The summed E-state index contributed by atoms with van der Waals surface area (Å²) in [5, 5.41) is 1.12. The largest absolute Gasteiger partial charge is 0.497 e. The molecule has 0 fully saturated rings. The Bertz CT molecular complexity index is 532. The number of methoxy groups -OCH3 is 2. The number of hydrogen-bond acceptors (Lipinski definition) is 3. The van der Waals surface area contributed by atoms with Gasteiger partial charge in [-0.2, -0.15) is 0 Å². The van der Waals surface area contributed by atoms with Crippen molar-refractivity contribution in [2.45, 2.75) is 25.8 Å². The van der Waals surface area contributed by atoms with Crippen LogP contribution in [0.25, 0.3) is 10.9 Å². The van der Waals surface area contributed by atoms with E-state index in [4.69, 9.17) is 15.2 Å². The van der Waals surface area contributed by atoms with Gasteiger partial charge in [-0.25, -0.2) is 0 Å². The van der Waals surface area contributed by atoms with Crippen LogP contribution in [-0.4, -0.2) is 25.2 Å². The van der Waals surface area contributed by atoms with Gasteiger partial charge in [0.05, 0.1) is 19.7 Å². The van der Waals surface area contributed by atoms with E-state index in [0.717, 1.165) is 35.2 Å². The van der Waals surface area contributed by atoms with Crippen LogP contribution in [0.3, 0.4) is 0 Å². The van der Waals surface area contributed by atoms with E-state index in [1.54, 1.807) is 14.2 Å². The van der Waals surface area contributed by atoms with Crippen molar-refractivity contribution in [3.63, 3.8) is 0 Å². The van der Waals surface area contributed by atoms with Crippen molar-refractivity contribution in [2.75, 3.05) is 14.2 Å². The Morgan fingerprint density at radius 3 is 2.67 bits per heavy atom. The molecule has 0 aliphatic rings. The van der Waals surface area contributed by atoms with Crippen LogP contribution in [0.15, 0.2) is 18.3 Å². The average molecular weight is 248 g/mol. The Kier molecular flexibility index (Phi) is 3.77. The molecule has 0 aliphatic heterocycles. The van der Waals surface area contributed by atoms with Gasteiger partial charge >= 0.3 is 0 Å². The first kappa shape index (κ1) is 12.8. The Morgan fingerprint density at radius 2 is 2.06 bits per heavy atom. The Balaban J connectivity index is 2.43. The third-order valence-electron chi connectivity index (χ3n) is 3.12. The van der Waals surface area contributed by atoms with Crippen molar-refractivity contribution in [1.29, 1.82) is 0 Å². The quantitative estimate of drug-likeness (QED) is 0.854. The Labute approximate surface area is 107 Å². The minimum absolute atomic E-state index is 0.208. The van der Waals surface area contributed by atoms with Crippen LogP contribution in [0.1, 0.15) is 18.9 Å². The van der Waals surface area contributed by atoms with Gasteiger partial charge in [-0.1, -0.05) is 0 Å². The molecule has 2 rings (SSSR count). The first-order valence-electron chi connectivity index (χ1n) is 6.13. The second-order valence-electron chi connectivity index (χ2n) is 4.58. The SMILES string of the molecule is COc1cc(OC)c2c(CCC(C)N)c[nH]c2c1. The predicted molar refractivity (Wildman–Crippen MR) is 73.4 cm³/mol. The van der Waals surface area contributed by atoms with E-state index < -0.39 is 0 Å². The first-order chi connectivity index (χ1) is 8.65. The van der Waals surface area contributed by atoms with E-state index in [0.29, 0.717) is 0 Å². The number of H-pyrrole nitrogens is 1. The van der Waals surface area contributed by atoms with E-state index in [-0.39, 0.29) is 6.04 Å². The van der Waals surface area contributed by atoms with Gasteiger partial charge in [0.1, 0.15) is 11.5 Å². The summed E-state index contributed by atoms with van der Waals surface area (Å²) >= 11 is 0. The van der Waals surface area contributed by atoms with Gasteiger partial charge in [0.15, 0.2) is 0 Å². The zero-order chi connectivity index (χ0) is 13.1. The van der Waals surface area contributed by atoms with E-state index >= 15 is 0 Å². The number of aromatic nitrogens is 1. The molecular weight excluding hydrogens is 228 g/mol. The monoisotopic (exact) mass is 248 g/mol. The molecule has 18 heavy (non-hydrogen) atoms. The lowest BCUT2D eigenvalue weighted by Gasteiger charge is -2.08. The van der Waals surface area contributed by atoms with E-state index in [1.165, 1.54) is 5.56 Å². The lowest BCUT2D eigenvalue weighted by Crippen LogP contribution is -2.15. The van der Waals surface area contributed by atoms with Gasteiger partial charge in [0, 0.05) is 29.8 Å². The smallest absolute Gasteiger partial charge is 0.132 e. The molecule has 0 saturated heterocycles. The second-order valence-corrected chi connectivity index (χ2v) is 4.58. The van der Waals surface area contributed by atoms with Crippen molar-refractivity contribution < 1.29 is 9.47 Å². The highest BCUT2D eigenvalue weighted by Crippen LogP contribution is 2.33. The molecule has 1 aromatic heterocycles. The zero-order valence-electron chi connectivity index (χ0n) is 11.1. The minimum atomic E-state index is 0.208. The molecule has 0 saturated carbocycles. The summed E-state index contributed by atoms with van der Waals surface area (Å²) in [5.41, 5.74) is 8.08. The molecule has 0 radical (unpaired) electrons. The summed E-state index contributed by atoms with van der Waals surface area (Å²) < 4.78 is 10.7. The fourth-order valence-corrected chi connectivity index (χ4v) is 2.13. The molecular formula is C14H20N2O2. The molecule has 0 amide bonds. The highest BCUT2D eigenvalue weighted by molar-refractivity contribution is 5.90. The van der Waals surface area contributed by atoms with Crippen molar-refractivity contribution in [1.82, 2.24) is 4.98 Å². The highest BCUT2D eigenvalue weighted by atomic mass is 16.5. The maximum Gasteiger partial charge on any atom is 0.132 e. The molecule has 3 N–H and O–H groups in total. The number of fused-ring (bicyclic) bond motifs is 1. The molecule has 0 spiro atoms. The molecule has 1 atom stereocenters. The molecule has 98 valence electrons. The Morgan fingerprint density at radius 1 is 1.28 bits per heavy atom. The molecule has 4 nitrogen and oxygen atoms in total. The van der Waals surface area contributed by atoms with E-state index in [2.05, 4.69) is 4.98 Å². The number of nitrogens with two attached hydrogens (primary N) is 1. The number of aryl methyl sites for hydroxylation is 1. The third-order valence-corrected chi connectivity index (χ3v) is 3.12. The van der Waals surface area contributed by atoms with Gasteiger partial charge in [-0.15, -0.1) is 0 Å². The minimum Gasteiger partial charge on any atom is -0.497 e. The Hall–Kier alpha value is -1.68. The van der Waals surface area contributed by atoms with Gasteiger partial charge in [-0.05, 0) is 25.3 Å². The first-order valence-corrected chi connectivity index (χ1v) is 6.13. The van der Waals surface area contributed by atoms with Crippen LogP contribution in [0.4, 0.5) is 0 Å². The van der Waals surface area contributed by atoms with Crippen LogP contribution < -0.4 is 15.2 Å². The number of rotatable bonds is 5. The molecule has 2 aromatic rings. The highest BCUT2D eigenvalue weighted by Gasteiger charge is 2.12. The van der Waals surface area contributed by atoms with Crippen molar-refractivity contribution >= 4 is 10.9 Å². The van der Waals surface area contributed by atoms with Crippen LogP contribution in [0.5, 0.6) is 11.5 Å². The summed E-state index contributed by atoms with van der Waals surface area (Å²) in [6, 6.07) is 4.10. The van der Waals surface area contributed by atoms with Gasteiger partial charge in [-0.3, -0.25) is 0 Å². The van der Waals surface area contributed by atoms with Gasteiger partial charge in [0.25, 0.3) is 0 Å². The topological polar surface area (TPSA) is 60.3 Å². The zero-order valence-corrected chi connectivity index (χ0v) is 11.1. The number of ether oxygens (including phenoxy) is 2. The number of benzene rings is 1. The summed E-state index contributed by atoms with van der Waals surface area (Å²) in [6.45, 7) is 2.02. The molecule has 0 aliphatic carbocycles. The van der Waals surface area contributed by atoms with Crippen LogP contribution >= 0.6 is 0 Å². The van der Waals surface area contributed by atoms with Crippen LogP contribution in [-0.2, 0) is 6.42 Å². The van der Waals surface area contributed by atoms with Crippen LogP contribution in [0, 0.1) is 0 Å². The molecule has 1 aromatic carbocycles. The third kappa shape index (κ3) is 2.43. The van der Waals surface area contributed by atoms with Crippen molar-refractivity contribution in [2.24, 2.45) is 5.73 Å². The van der Waals surface area contributed by atoms with Crippen molar-refractivity contribution in [3.8, 4) is 11.5 Å². The standard InChI is InChI=1S/C14H20N2O2/c1-9(15)4-5-10-8-16-12-6-11(17-2)7-13(18-3)14(10)12/h6-9,16H,4-5,15H2,1-3H3. The van der Waals surface area contributed by atoms with E-state index in [1.807, 2.05) is 25.3 Å². The lowest BCUT2D eigenvalue weighted by atomic mass is 10.0. The predicted octanol–water partition coefficient (Wildman–Crippen LogP) is 2.46. The summed E-state index contributed by atoms with van der Waals surface area (Å²) in [5.74, 6) is 1.63. The molecule has 0 bridgehead atoms. The number of nitrogens with one attached hydrogen (secondary N) is 1. The maximum absolute atomic E-state index is 5.81.